The van der Waals surface area contributed by atoms with E-state index in [1.54, 1.807) is 63.7 Å². The van der Waals surface area contributed by atoms with E-state index in [2.05, 4.69) is 52.8 Å². The second kappa shape index (κ2) is 15.0. The van der Waals surface area contributed by atoms with Crippen LogP contribution in [-0.4, -0.2) is 105 Å². The van der Waals surface area contributed by atoms with Crippen molar-refractivity contribution in [1.29, 1.82) is 0 Å². The lowest BCUT2D eigenvalue weighted by Crippen LogP contribution is -2.47. The SMILES string of the molecule is O=C(Nc1ncnc2c1ncn2[C@@H]1O[C@@]23CC[C@@H]1[C@@H]2OP(O)(=S)OC[C@@]12CO[C@@H]([C@H](n4cnc5c(NC(=O)c6ccccc6)ncnc54)O1)[C@@H]2OP(=O)(S)OC3)c1ccccc1. The van der Waals surface area contributed by atoms with Crippen molar-refractivity contribution in [2.75, 3.05) is 30.5 Å². The van der Waals surface area contributed by atoms with Crippen molar-refractivity contribution >= 4 is 83.3 Å². The number of nitrogens with one attached hydrogen (secondary N) is 2. The molecule has 3 N–H and O–H groups in total. The third-order valence-electron chi connectivity index (χ3n) is 11.7. The number of hydrogen-bond donors (Lipinski definition) is 4. The van der Waals surface area contributed by atoms with Crippen LogP contribution in [0.1, 0.15) is 46.0 Å². The van der Waals surface area contributed by atoms with Crippen molar-refractivity contribution in [2.45, 2.75) is 54.8 Å². The zero-order valence-electron chi connectivity index (χ0n) is 31.9. The fourth-order valence-electron chi connectivity index (χ4n) is 8.87. The van der Waals surface area contributed by atoms with Crippen LogP contribution in [0.5, 0.6) is 0 Å². The first kappa shape index (κ1) is 40.2. The van der Waals surface area contributed by atoms with E-state index in [0.717, 1.165) is 0 Å². The number of carbonyl (C=O) groups excluding carboxylic acids is 2. The van der Waals surface area contributed by atoms with Gasteiger partial charge in [-0.1, -0.05) is 48.6 Å². The molecule has 8 heterocycles. The van der Waals surface area contributed by atoms with Gasteiger partial charge in [-0.3, -0.25) is 27.8 Å². The molecule has 25 heteroatoms. The fraction of sp³-hybridized carbons (Fsp3) is 0.351. The minimum Gasteiger partial charge on any atom is -0.367 e. The van der Waals surface area contributed by atoms with Crippen LogP contribution < -0.4 is 10.6 Å². The van der Waals surface area contributed by atoms with Gasteiger partial charge in [-0.05, 0) is 48.9 Å². The van der Waals surface area contributed by atoms with Crippen molar-refractivity contribution in [3.63, 3.8) is 0 Å². The van der Waals surface area contributed by atoms with Gasteiger partial charge in [0.1, 0.15) is 48.4 Å². The number of benzene rings is 2. The Labute approximate surface area is 360 Å². The molecule has 2 unspecified atom stereocenters. The molecule has 4 saturated heterocycles. The summed E-state index contributed by atoms with van der Waals surface area (Å²) in [5.74, 6) is -0.861. The molecule has 320 valence electrons. The first-order chi connectivity index (χ1) is 29.9. The van der Waals surface area contributed by atoms with Crippen LogP contribution >= 0.6 is 25.8 Å². The van der Waals surface area contributed by atoms with Gasteiger partial charge in [0, 0.05) is 17.0 Å². The maximum Gasteiger partial charge on any atom is 0.386 e. The number of ether oxygens (including phenoxy) is 3. The first-order valence-corrected chi connectivity index (χ1v) is 24.6. The minimum absolute atomic E-state index is 0.105. The van der Waals surface area contributed by atoms with Gasteiger partial charge in [-0.15, -0.1) is 0 Å². The molecule has 5 aliphatic rings. The van der Waals surface area contributed by atoms with Gasteiger partial charge in [0.15, 0.2) is 40.2 Å². The summed E-state index contributed by atoms with van der Waals surface area (Å²) in [6, 6.07) is 17.3. The van der Waals surface area contributed by atoms with Crippen LogP contribution in [0.4, 0.5) is 11.6 Å². The Morgan fingerprint density at radius 2 is 1.31 bits per heavy atom. The fourth-order valence-corrected chi connectivity index (χ4v) is 11.9. The Morgan fingerprint density at radius 1 is 0.742 bits per heavy atom. The maximum absolute atomic E-state index is 14.3. The topological polar surface area (TPSA) is 247 Å². The van der Waals surface area contributed by atoms with Gasteiger partial charge in [-0.2, -0.15) is 0 Å². The Bertz CT molecular complexity index is 2670. The Kier molecular flexibility index (Phi) is 9.72. The third kappa shape index (κ3) is 6.79. The van der Waals surface area contributed by atoms with Gasteiger partial charge in [0.2, 0.25) is 0 Å². The summed E-state index contributed by atoms with van der Waals surface area (Å²) in [4.78, 5) is 64.1. The summed E-state index contributed by atoms with van der Waals surface area (Å²) in [5, 5.41) is 5.58. The maximum atomic E-state index is 14.3. The molecule has 1 saturated carbocycles. The highest BCUT2D eigenvalue weighted by molar-refractivity contribution is 8.44. The number of thiol groups is 1. The molecule has 4 aliphatic heterocycles. The third-order valence-corrected chi connectivity index (χ3v) is 14.8. The molecule has 4 aromatic heterocycles. The molecule has 6 aromatic rings. The van der Waals surface area contributed by atoms with Crippen LogP contribution in [0.15, 0.2) is 86.0 Å². The number of nitrogens with zero attached hydrogens (tertiary/aromatic N) is 8. The molecule has 5 fully saturated rings. The summed E-state index contributed by atoms with van der Waals surface area (Å²) in [5.41, 5.74) is -0.702. The molecule has 10 atom stereocenters. The minimum atomic E-state index is -4.25. The van der Waals surface area contributed by atoms with E-state index < -0.39 is 73.9 Å². The van der Waals surface area contributed by atoms with E-state index in [4.69, 9.17) is 44.1 Å². The summed E-state index contributed by atoms with van der Waals surface area (Å²) >= 11 is 10.0. The standard InChI is InChI=1S/C37H34N10O11P2S2/c48-32(20-7-3-1-4-8-20)44-28-23-30(40-16-38-28)46(18-42-23)34-22-11-12-36(55-34)14-53-60(51,62)58-27-25-35(56-37(27,13-52-25)15-54-59(50,61)57-26(22)36)47-19-43-24-29(39-17-41-31(24)47)45-33(49)21-9-5-2-6-10-21/h1-10,16-19,22,25-27,34-35H,11-15H2,(H,50,61)(H,51,62)(H,38,40,44,48)(H,39,41,45,49)/t22-,25-,26+,27+,34-,35-,36-,37-,59?,60?/m1/s1. The van der Waals surface area contributed by atoms with E-state index in [-0.39, 0.29) is 41.9 Å². The van der Waals surface area contributed by atoms with Crippen LogP contribution in [0.25, 0.3) is 22.3 Å². The molecule has 2 amide bonds. The highest BCUT2D eigenvalue weighted by atomic mass is 32.7. The summed E-state index contributed by atoms with van der Waals surface area (Å²) < 4.78 is 61.7. The molecule has 21 nitrogen and oxygen atoms in total. The smallest absolute Gasteiger partial charge is 0.367 e. The number of rotatable bonds is 6. The van der Waals surface area contributed by atoms with E-state index in [1.807, 2.05) is 6.07 Å². The lowest BCUT2D eigenvalue weighted by molar-refractivity contribution is -0.184. The second-order valence-electron chi connectivity index (χ2n) is 15.4. The summed E-state index contributed by atoms with van der Waals surface area (Å²) in [6.45, 7) is -9.19. The van der Waals surface area contributed by atoms with Gasteiger partial charge >= 0.3 is 13.5 Å². The van der Waals surface area contributed by atoms with Gasteiger partial charge in [0.05, 0.1) is 32.5 Å². The van der Waals surface area contributed by atoms with Gasteiger partial charge < -0.3 is 38.8 Å². The lowest BCUT2D eigenvalue weighted by atomic mass is 10.0. The predicted molar refractivity (Wildman–Crippen MR) is 222 cm³/mol. The average molecular weight is 921 g/mol. The zero-order valence-corrected chi connectivity index (χ0v) is 35.4. The average Bonchev–Trinajstić information content (AvgIpc) is 4.13. The van der Waals surface area contributed by atoms with Crippen LogP contribution in [0.3, 0.4) is 0 Å². The van der Waals surface area contributed by atoms with Gasteiger partial charge in [-0.25, -0.2) is 34.5 Å². The summed E-state index contributed by atoms with van der Waals surface area (Å²) in [6.07, 6.45) is 1.69. The van der Waals surface area contributed by atoms with Crippen LogP contribution in [0.2, 0.25) is 0 Å². The number of imidazole rings is 2. The molecule has 0 spiro atoms. The Balaban J connectivity index is 0.859. The van der Waals surface area contributed by atoms with Crippen molar-refractivity contribution in [1.82, 2.24) is 39.0 Å². The molecule has 62 heavy (non-hydrogen) atoms. The Morgan fingerprint density at radius 3 is 1.92 bits per heavy atom. The number of aromatic nitrogens is 8. The lowest BCUT2D eigenvalue weighted by Gasteiger charge is -2.36. The molecule has 1 aliphatic carbocycles. The zero-order chi connectivity index (χ0) is 42.4. The second-order valence-corrected chi connectivity index (χ2v) is 21.1. The van der Waals surface area contributed by atoms with Crippen molar-refractivity contribution in [2.24, 2.45) is 5.92 Å². The van der Waals surface area contributed by atoms with Crippen molar-refractivity contribution in [3.05, 3.63) is 97.1 Å². The van der Waals surface area contributed by atoms with Crippen molar-refractivity contribution in [3.8, 4) is 0 Å². The molecular weight excluding hydrogens is 887 g/mol. The summed E-state index contributed by atoms with van der Waals surface area (Å²) in [7, 11) is 0. The number of amides is 2. The quantitative estimate of drug-likeness (QED) is 0.132. The van der Waals surface area contributed by atoms with Crippen LogP contribution in [-0.2, 0) is 48.7 Å². The first-order valence-electron chi connectivity index (χ1n) is 19.3. The van der Waals surface area contributed by atoms with E-state index in [0.29, 0.717) is 35.1 Å². The van der Waals surface area contributed by atoms with Crippen molar-refractivity contribution < 1.29 is 51.4 Å². The molecule has 2 aromatic carbocycles. The van der Waals surface area contributed by atoms with E-state index in [1.165, 1.54) is 25.3 Å². The van der Waals surface area contributed by atoms with Crippen LogP contribution in [0, 0.1) is 5.92 Å². The highest BCUT2D eigenvalue weighted by Crippen LogP contribution is 2.65. The van der Waals surface area contributed by atoms with E-state index in [9.17, 15) is 19.0 Å². The predicted octanol–water partition coefficient (Wildman–Crippen LogP) is 4.59. The molecular formula is C37H34N10O11P2S2. The monoisotopic (exact) mass is 920 g/mol. The van der Waals surface area contributed by atoms with E-state index >= 15 is 0 Å². The number of hydrogen-bond acceptors (Lipinski definition) is 17. The molecule has 0 radical (unpaired) electrons. The molecule has 4 bridgehead atoms. The number of fused-ring (bicyclic) bond motifs is 2. The largest absolute Gasteiger partial charge is 0.386 e. The molecule has 11 rings (SSSR count). The highest BCUT2D eigenvalue weighted by Gasteiger charge is 2.67. The normalized spacial score (nSPS) is 34.0. The number of carbonyl (C=O) groups is 2. The van der Waals surface area contributed by atoms with Gasteiger partial charge in [0.25, 0.3) is 11.8 Å². The Hall–Kier alpha value is -4.61. The number of anilines is 2.